The number of rotatable bonds is 32. The summed E-state index contributed by atoms with van der Waals surface area (Å²) in [5, 5.41) is 31.1. The van der Waals surface area contributed by atoms with Gasteiger partial charge in [-0.2, -0.15) is 0 Å². The lowest BCUT2D eigenvalue weighted by molar-refractivity contribution is -0.161. The number of ether oxygens (including phenoxy) is 2. The molecule has 11 nitrogen and oxygen atoms in total. The van der Waals surface area contributed by atoms with E-state index in [9.17, 15) is 29.5 Å². The normalized spacial score (nSPS) is 20.7. The molecule has 0 spiro atoms. The number of esters is 2. The van der Waals surface area contributed by atoms with Gasteiger partial charge in [-0.1, -0.05) is 120 Å². The van der Waals surface area contributed by atoms with Crippen LogP contribution in [0.3, 0.4) is 0 Å². The third-order valence-corrected chi connectivity index (χ3v) is 9.90. The molecule has 1 aliphatic carbocycles. The maximum Gasteiger partial charge on any atom is 0.469 e. The van der Waals surface area contributed by atoms with Gasteiger partial charge in [0.25, 0.3) is 0 Å². The minimum atomic E-state index is -4.82. The second-order valence-electron chi connectivity index (χ2n) is 14.3. The molecule has 0 aromatic rings. The summed E-state index contributed by atoms with van der Waals surface area (Å²) in [5.74, 6) is -1.51. The van der Waals surface area contributed by atoms with Crippen LogP contribution in [0.5, 0.6) is 0 Å². The summed E-state index contributed by atoms with van der Waals surface area (Å²) in [5.41, 5.74) is 0. The Balaban J connectivity index is 2.33. The van der Waals surface area contributed by atoms with Crippen LogP contribution in [-0.2, 0) is 28.2 Å². The number of carbonyl (C=O) groups is 2. The number of phosphoric ester groups is 1. The van der Waals surface area contributed by atoms with E-state index in [0.717, 1.165) is 57.8 Å². The van der Waals surface area contributed by atoms with Gasteiger partial charge >= 0.3 is 19.8 Å². The second-order valence-corrected chi connectivity index (χ2v) is 15.5. The van der Waals surface area contributed by atoms with Crippen molar-refractivity contribution in [3.8, 4) is 0 Å². The molecule has 1 rings (SSSR count). The molecule has 12 heteroatoms. The highest BCUT2D eigenvalue weighted by atomic mass is 31.2. The van der Waals surface area contributed by atoms with Crippen molar-refractivity contribution in [3.63, 3.8) is 0 Å². The van der Waals surface area contributed by atoms with Crippen LogP contribution < -0.4 is 0 Å². The molecule has 0 heterocycles. The van der Waals surface area contributed by atoms with Crippen molar-refractivity contribution < 1.29 is 53.3 Å². The van der Waals surface area contributed by atoms with Crippen LogP contribution >= 0.6 is 7.82 Å². The Hall–Kier alpha value is -2.11. The fourth-order valence-corrected chi connectivity index (χ4v) is 6.66. The van der Waals surface area contributed by atoms with Crippen LogP contribution in [0.4, 0.5) is 0 Å². The van der Waals surface area contributed by atoms with Crippen LogP contribution in [0.2, 0.25) is 0 Å². The van der Waals surface area contributed by atoms with E-state index >= 15 is 0 Å². The molecular formula is C41H71O11P. The number of carbonyl (C=O) groups excluding carboxylic acids is 2. The Labute approximate surface area is 319 Å². The van der Waals surface area contributed by atoms with Crippen molar-refractivity contribution in [1.29, 1.82) is 0 Å². The molecule has 0 saturated heterocycles. The maximum atomic E-state index is 12.4. The first-order valence-electron chi connectivity index (χ1n) is 20.2. The van der Waals surface area contributed by atoms with E-state index in [1.54, 1.807) is 6.08 Å². The summed E-state index contributed by atoms with van der Waals surface area (Å²) in [7, 11) is -4.82. The zero-order chi connectivity index (χ0) is 39.2. The van der Waals surface area contributed by atoms with Crippen molar-refractivity contribution in [3.05, 3.63) is 48.6 Å². The molecule has 0 bridgehead atoms. The fourth-order valence-electron chi connectivity index (χ4n) is 6.30. The van der Waals surface area contributed by atoms with Crippen molar-refractivity contribution >= 4 is 19.8 Å². The number of unbranched alkanes of at least 4 members (excludes halogenated alkanes) is 12. The topological polar surface area (TPSA) is 180 Å². The van der Waals surface area contributed by atoms with Gasteiger partial charge in [0.2, 0.25) is 0 Å². The third kappa shape index (κ3) is 27.2. The average Bonchev–Trinajstić information content (AvgIpc) is 3.38. The smallest absolute Gasteiger partial charge is 0.462 e. The Morgan fingerprint density at radius 3 is 2.02 bits per heavy atom. The molecular weight excluding hydrogens is 699 g/mol. The largest absolute Gasteiger partial charge is 0.469 e. The molecule has 1 aliphatic rings. The summed E-state index contributed by atoms with van der Waals surface area (Å²) >= 11 is 0. The van der Waals surface area contributed by atoms with Gasteiger partial charge in [0.1, 0.15) is 6.61 Å². The number of allylic oxidation sites excluding steroid dienone is 6. The summed E-state index contributed by atoms with van der Waals surface area (Å²) in [6, 6.07) is 0. The lowest BCUT2D eigenvalue weighted by Crippen LogP contribution is -2.29. The predicted octanol–water partition coefficient (Wildman–Crippen LogP) is 8.34. The molecule has 1 fully saturated rings. The summed E-state index contributed by atoms with van der Waals surface area (Å²) in [6.45, 7) is 3.33. The zero-order valence-corrected chi connectivity index (χ0v) is 33.4. The van der Waals surface area contributed by atoms with Crippen LogP contribution in [0.15, 0.2) is 48.6 Å². The number of hydrogen-bond donors (Lipinski definition) is 5. The molecule has 5 N–H and O–H groups in total. The first-order chi connectivity index (χ1) is 25.5. The summed E-state index contributed by atoms with van der Waals surface area (Å²) in [6.07, 6.45) is 30.7. The number of aliphatic hydroxyl groups excluding tert-OH is 3. The highest BCUT2D eigenvalue weighted by Gasteiger charge is 2.39. The third-order valence-electron chi connectivity index (χ3n) is 9.42. The van der Waals surface area contributed by atoms with Crippen LogP contribution in [0.1, 0.15) is 149 Å². The van der Waals surface area contributed by atoms with E-state index in [-0.39, 0.29) is 37.7 Å². The lowest BCUT2D eigenvalue weighted by atomic mass is 9.89. The van der Waals surface area contributed by atoms with Gasteiger partial charge < -0.3 is 34.6 Å². The van der Waals surface area contributed by atoms with E-state index in [0.29, 0.717) is 32.1 Å². The van der Waals surface area contributed by atoms with Crippen molar-refractivity contribution in [1.82, 2.24) is 0 Å². The van der Waals surface area contributed by atoms with Gasteiger partial charge in [0.05, 0.1) is 24.9 Å². The van der Waals surface area contributed by atoms with E-state index in [4.69, 9.17) is 19.3 Å². The minimum absolute atomic E-state index is 0.0853. The van der Waals surface area contributed by atoms with Gasteiger partial charge in [-0.25, -0.2) is 4.57 Å². The van der Waals surface area contributed by atoms with Crippen molar-refractivity contribution in [2.24, 2.45) is 11.8 Å². The van der Waals surface area contributed by atoms with E-state index in [1.165, 1.54) is 25.7 Å². The second kappa shape index (κ2) is 31.1. The predicted molar refractivity (Wildman–Crippen MR) is 209 cm³/mol. The Morgan fingerprint density at radius 1 is 0.736 bits per heavy atom. The highest BCUT2D eigenvalue weighted by Crippen LogP contribution is 2.37. The standard InChI is InChI=1S/C41H71O11P/c1-3-5-7-8-9-10-11-12-13-14-15-16-17-18-24-28-41(46)52-35(33-51-53(47,48)49)32-50-40(45)27-23-20-19-22-26-36-37(39(44)31-38(36)43)30-29-34(42)25-21-6-4-2/h10-13,19,22,29-30,34-39,42-44H,3-9,14-18,20-21,23-28,31-33H2,1-2H3,(H2,47,48,49)/b11-10-,13-12-,22-19+,30-29+/t34-,35+,36+,37+,38-,39+/m0/s1. The van der Waals surface area contributed by atoms with Crippen LogP contribution in [-0.4, -0.2) is 74.7 Å². The average molecular weight is 771 g/mol. The van der Waals surface area contributed by atoms with Gasteiger partial charge in [0, 0.05) is 25.2 Å². The SMILES string of the molecule is CCCCCC/C=C\C=C/CCCCCCCC(=O)O[C@H](COC(=O)CCC/C=C/C[C@@H]1[C@@H](/C=C/[C@@H](O)CCCCC)[C@H](O)C[C@@H]1O)COP(=O)(O)O. The molecule has 0 unspecified atom stereocenters. The monoisotopic (exact) mass is 770 g/mol. The Kier molecular flexibility index (Phi) is 28.7. The van der Waals surface area contributed by atoms with Crippen LogP contribution in [0, 0.1) is 11.8 Å². The van der Waals surface area contributed by atoms with E-state index in [2.05, 4.69) is 42.7 Å². The van der Waals surface area contributed by atoms with Gasteiger partial charge in [-0.3, -0.25) is 14.1 Å². The van der Waals surface area contributed by atoms with Gasteiger partial charge in [0.15, 0.2) is 6.10 Å². The maximum absolute atomic E-state index is 12.4. The fraction of sp³-hybridized carbons (Fsp3) is 0.756. The first kappa shape index (κ1) is 48.9. The molecule has 0 aromatic carbocycles. The molecule has 306 valence electrons. The van der Waals surface area contributed by atoms with Crippen LogP contribution in [0.25, 0.3) is 0 Å². The molecule has 6 atom stereocenters. The van der Waals surface area contributed by atoms with E-state index in [1.807, 2.05) is 18.2 Å². The van der Waals surface area contributed by atoms with E-state index < -0.39 is 50.8 Å². The van der Waals surface area contributed by atoms with Crippen molar-refractivity contribution in [2.75, 3.05) is 13.2 Å². The Bertz CT molecular complexity index is 1120. The molecule has 0 radical (unpaired) electrons. The first-order valence-corrected chi connectivity index (χ1v) is 21.7. The van der Waals surface area contributed by atoms with Gasteiger partial charge in [-0.15, -0.1) is 0 Å². The quantitative estimate of drug-likeness (QED) is 0.0146. The minimum Gasteiger partial charge on any atom is -0.462 e. The summed E-state index contributed by atoms with van der Waals surface area (Å²) < 4.78 is 26.3. The molecule has 0 aromatic heterocycles. The number of aliphatic hydroxyl groups is 3. The molecule has 0 aliphatic heterocycles. The number of hydrogen-bond acceptors (Lipinski definition) is 9. The molecule has 0 amide bonds. The number of phosphoric acid groups is 1. The van der Waals surface area contributed by atoms with Gasteiger partial charge in [-0.05, 0) is 63.7 Å². The lowest BCUT2D eigenvalue weighted by Gasteiger charge is -2.19. The highest BCUT2D eigenvalue weighted by molar-refractivity contribution is 7.46. The zero-order valence-electron chi connectivity index (χ0n) is 32.5. The summed E-state index contributed by atoms with van der Waals surface area (Å²) in [4.78, 5) is 43.0. The molecule has 53 heavy (non-hydrogen) atoms. The van der Waals surface area contributed by atoms with Crippen molar-refractivity contribution in [2.45, 2.75) is 173 Å². The molecule has 1 saturated carbocycles. The Morgan fingerprint density at radius 2 is 1.34 bits per heavy atom.